The van der Waals surface area contributed by atoms with Crippen LogP contribution in [-0.2, 0) is 6.61 Å². The second-order valence-corrected chi connectivity index (χ2v) is 11.7. The van der Waals surface area contributed by atoms with Crippen molar-refractivity contribution in [3.63, 3.8) is 0 Å². The van der Waals surface area contributed by atoms with Crippen molar-refractivity contribution in [3.8, 4) is 34.4 Å². The highest BCUT2D eigenvalue weighted by Crippen LogP contribution is 2.39. The van der Waals surface area contributed by atoms with Gasteiger partial charge in [-0.15, -0.1) is 0 Å². The van der Waals surface area contributed by atoms with E-state index >= 15 is 0 Å². The van der Waals surface area contributed by atoms with Crippen LogP contribution < -0.4 is 24.5 Å². The van der Waals surface area contributed by atoms with E-state index in [1.165, 1.54) is 4.68 Å². The molecule has 8 nitrogen and oxygen atoms in total. The highest BCUT2D eigenvalue weighted by atomic mass is 35.5. The van der Waals surface area contributed by atoms with Gasteiger partial charge in [0, 0.05) is 11.1 Å². The number of hydrogen-bond acceptors (Lipinski definition) is 7. The lowest BCUT2D eigenvalue weighted by Gasteiger charge is -2.18. The summed E-state index contributed by atoms with van der Waals surface area (Å²) in [7, 11) is 3.08. The van der Waals surface area contributed by atoms with Crippen LogP contribution in [0.5, 0.6) is 23.0 Å². The van der Waals surface area contributed by atoms with Crippen molar-refractivity contribution >= 4 is 40.3 Å². The van der Waals surface area contributed by atoms with E-state index in [1.54, 1.807) is 50.8 Å². The zero-order chi connectivity index (χ0) is 33.0. The van der Waals surface area contributed by atoms with Crippen LogP contribution in [0.25, 0.3) is 22.3 Å². The number of nitrogens with zero attached hydrogens (tertiary/aromatic N) is 3. The SMILES string of the molecule is CCOc1cc(C)c(-c2nc3ccccc3c(=O)n2N=Cc2cc(OC)c(OCc3ccc(Cl)c(Cl)c3)c(OC)c2)cc1C(C)C. The Labute approximate surface area is 278 Å². The number of fused-ring (bicyclic) bond motifs is 1. The Hall–Kier alpha value is -4.53. The zero-order valence-corrected chi connectivity index (χ0v) is 28.1. The van der Waals surface area contributed by atoms with Crippen LogP contribution in [0.15, 0.2) is 76.6 Å². The molecule has 0 saturated carbocycles. The Morgan fingerprint density at radius 1 is 0.913 bits per heavy atom. The minimum atomic E-state index is -0.295. The highest BCUT2D eigenvalue weighted by molar-refractivity contribution is 6.42. The Kier molecular flexibility index (Phi) is 10.2. The molecule has 0 amide bonds. The van der Waals surface area contributed by atoms with E-state index in [9.17, 15) is 4.79 Å². The summed E-state index contributed by atoms with van der Waals surface area (Å²) in [6.45, 7) is 8.91. The van der Waals surface area contributed by atoms with Crippen LogP contribution in [0.2, 0.25) is 10.0 Å². The number of aryl methyl sites for hydroxylation is 1. The first kappa shape index (κ1) is 32.9. The number of benzene rings is 4. The third kappa shape index (κ3) is 6.83. The van der Waals surface area contributed by atoms with Gasteiger partial charge in [0.05, 0.1) is 48.0 Å². The monoisotopic (exact) mass is 659 g/mol. The first-order valence-electron chi connectivity index (χ1n) is 14.8. The molecule has 0 atom stereocenters. The Morgan fingerprint density at radius 3 is 2.28 bits per heavy atom. The molecule has 4 aromatic carbocycles. The maximum absolute atomic E-state index is 13.9. The van der Waals surface area contributed by atoms with Crippen LogP contribution in [-0.4, -0.2) is 36.7 Å². The van der Waals surface area contributed by atoms with E-state index in [2.05, 4.69) is 18.9 Å². The highest BCUT2D eigenvalue weighted by Gasteiger charge is 2.19. The van der Waals surface area contributed by atoms with Crippen molar-refractivity contribution in [1.82, 2.24) is 9.66 Å². The fraction of sp³-hybridized carbons (Fsp3) is 0.250. The van der Waals surface area contributed by atoms with E-state index in [4.69, 9.17) is 47.1 Å². The van der Waals surface area contributed by atoms with Crippen molar-refractivity contribution in [2.45, 2.75) is 40.2 Å². The fourth-order valence-corrected chi connectivity index (χ4v) is 5.42. The van der Waals surface area contributed by atoms with Crippen molar-refractivity contribution in [2.75, 3.05) is 20.8 Å². The quantitative estimate of drug-likeness (QED) is 0.132. The van der Waals surface area contributed by atoms with Crippen molar-refractivity contribution < 1.29 is 18.9 Å². The third-order valence-corrected chi connectivity index (χ3v) is 8.18. The number of ether oxygens (including phenoxy) is 4. The average Bonchev–Trinajstić information content (AvgIpc) is 3.04. The molecule has 1 heterocycles. The number of aromatic nitrogens is 2. The van der Waals surface area contributed by atoms with Gasteiger partial charge >= 0.3 is 0 Å². The standard InChI is InChI=1S/C36H35Cl2N3O5/c1-7-45-31-14-22(4)27(18-26(31)21(2)3)35-40-30-11-9-8-10-25(30)36(42)41(35)39-19-24-16-32(43-5)34(33(17-24)44-6)46-20-23-12-13-28(37)29(38)15-23/h8-19,21H,7,20H2,1-6H3. The molecule has 10 heteroatoms. The van der Waals surface area contributed by atoms with E-state index in [0.29, 0.717) is 56.2 Å². The summed E-state index contributed by atoms with van der Waals surface area (Å²) in [5, 5.41) is 6.03. The van der Waals surface area contributed by atoms with Crippen molar-refractivity contribution in [3.05, 3.63) is 109 Å². The fourth-order valence-electron chi connectivity index (χ4n) is 5.10. The molecule has 46 heavy (non-hydrogen) atoms. The lowest BCUT2D eigenvalue weighted by molar-refractivity contribution is 0.266. The molecule has 5 rings (SSSR count). The Bertz CT molecular complexity index is 1960. The molecule has 0 saturated heterocycles. The first-order chi connectivity index (χ1) is 22.1. The van der Waals surface area contributed by atoms with Gasteiger partial charge in [0.1, 0.15) is 12.4 Å². The third-order valence-electron chi connectivity index (χ3n) is 7.45. The maximum Gasteiger partial charge on any atom is 0.282 e. The molecule has 0 N–H and O–H groups in total. The summed E-state index contributed by atoms with van der Waals surface area (Å²) >= 11 is 12.2. The Balaban J connectivity index is 1.59. The Morgan fingerprint density at radius 2 is 1.63 bits per heavy atom. The number of methoxy groups -OCH3 is 2. The molecule has 0 aliphatic rings. The molecule has 0 fully saturated rings. The van der Waals surface area contributed by atoms with Gasteiger partial charge in [0.25, 0.3) is 5.56 Å². The van der Waals surface area contributed by atoms with Crippen molar-refractivity contribution in [2.24, 2.45) is 5.10 Å². The summed E-state index contributed by atoms with van der Waals surface area (Å²) in [5.74, 6) is 2.68. The molecular formula is C36H35Cl2N3O5. The molecule has 1 aromatic heterocycles. The van der Waals surface area contributed by atoms with Crippen LogP contribution >= 0.6 is 23.2 Å². The number of halogens is 2. The van der Waals surface area contributed by atoms with Gasteiger partial charge in [-0.1, -0.05) is 55.2 Å². The molecule has 0 bridgehead atoms. The summed E-state index contributed by atoms with van der Waals surface area (Å²) in [4.78, 5) is 18.8. The van der Waals surface area contributed by atoms with E-state index in [-0.39, 0.29) is 18.1 Å². The van der Waals surface area contributed by atoms with E-state index in [1.807, 2.05) is 50.2 Å². The zero-order valence-electron chi connectivity index (χ0n) is 26.6. The van der Waals surface area contributed by atoms with E-state index in [0.717, 1.165) is 28.0 Å². The van der Waals surface area contributed by atoms with Crippen LogP contribution in [0.4, 0.5) is 0 Å². The van der Waals surface area contributed by atoms with Gasteiger partial charge < -0.3 is 18.9 Å². The molecule has 0 radical (unpaired) electrons. The molecule has 0 unspecified atom stereocenters. The van der Waals surface area contributed by atoms with Gasteiger partial charge in [-0.2, -0.15) is 9.78 Å². The summed E-state index contributed by atoms with van der Waals surface area (Å²) in [5.41, 5.74) is 4.44. The second-order valence-electron chi connectivity index (χ2n) is 10.9. The van der Waals surface area contributed by atoms with Gasteiger partial charge in [0.2, 0.25) is 5.75 Å². The van der Waals surface area contributed by atoms with Gasteiger partial charge in [-0.3, -0.25) is 4.79 Å². The summed E-state index contributed by atoms with van der Waals surface area (Å²) < 4.78 is 24.7. The largest absolute Gasteiger partial charge is 0.494 e. The van der Waals surface area contributed by atoms with Crippen LogP contribution in [0.1, 0.15) is 48.9 Å². The van der Waals surface area contributed by atoms with Crippen LogP contribution in [0, 0.1) is 6.92 Å². The molecule has 5 aromatic rings. The minimum Gasteiger partial charge on any atom is -0.494 e. The van der Waals surface area contributed by atoms with E-state index < -0.39 is 0 Å². The smallest absolute Gasteiger partial charge is 0.282 e. The second kappa shape index (κ2) is 14.3. The number of para-hydroxylation sites is 1. The topological polar surface area (TPSA) is 84.2 Å². The predicted octanol–water partition coefficient (Wildman–Crippen LogP) is 8.68. The molecule has 0 spiro atoms. The first-order valence-corrected chi connectivity index (χ1v) is 15.6. The van der Waals surface area contributed by atoms with Crippen LogP contribution in [0.3, 0.4) is 0 Å². The number of rotatable bonds is 11. The molecular weight excluding hydrogens is 625 g/mol. The molecule has 0 aliphatic heterocycles. The molecule has 238 valence electrons. The average molecular weight is 661 g/mol. The predicted molar refractivity (Wildman–Crippen MR) is 185 cm³/mol. The maximum atomic E-state index is 13.9. The summed E-state index contributed by atoms with van der Waals surface area (Å²) in [6.07, 6.45) is 1.57. The lowest BCUT2D eigenvalue weighted by atomic mass is 9.96. The normalized spacial score (nSPS) is 11.4. The lowest BCUT2D eigenvalue weighted by Crippen LogP contribution is -2.21. The van der Waals surface area contributed by atoms with Gasteiger partial charge in [-0.05, 0) is 85.0 Å². The number of hydrogen-bond donors (Lipinski definition) is 0. The van der Waals surface area contributed by atoms with Crippen molar-refractivity contribution in [1.29, 1.82) is 0 Å². The molecule has 0 aliphatic carbocycles. The van der Waals surface area contributed by atoms with Gasteiger partial charge in [-0.25, -0.2) is 4.98 Å². The summed E-state index contributed by atoms with van der Waals surface area (Å²) in [6, 6.07) is 20.1. The minimum absolute atomic E-state index is 0.183. The van der Waals surface area contributed by atoms with Gasteiger partial charge in [0.15, 0.2) is 17.3 Å².